The molecule has 0 aromatic heterocycles. The van der Waals surface area contributed by atoms with E-state index in [1.807, 2.05) is 20.8 Å². The second-order valence-electron chi connectivity index (χ2n) is 11.4. The first-order valence-electron chi connectivity index (χ1n) is 14.1. The third-order valence-corrected chi connectivity index (χ3v) is 11.5. The summed E-state index contributed by atoms with van der Waals surface area (Å²) in [5.41, 5.74) is 13.5. The van der Waals surface area contributed by atoms with Gasteiger partial charge in [0.25, 0.3) is 0 Å². The SMILES string of the molecule is CCOP(Cc1ccc2c(c1)C(C)(C)c1cc3c(cc1-2)C(C)(C)c1cc(CP(OCC)OCC)ccc1-3)OC. The smallest absolute Gasteiger partial charge is 0.175 e. The minimum absolute atomic E-state index is 0.0746. The molecule has 0 saturated carbocycles. The molecule has 2 aliphatic carbocycles. The molecule has 3 aromatic carbocycles. The van der Waals surface area contributed by atoms with Crippen LogP contribution in [0.1, 0.15) is 81.8 Å². The Bertz CT molecular complexity index is 1360. The van der Waals surface area contributed by atoms with Gasteiger partial charge >= 0.3 is 0 Å². The van der Waals surface area contributed by atoms with E-state index in [0.717, 1.165) is 12.3 Å². The predicted octanol–water partition coefficient (Wildman–Crippen LogP) is 9.68. The minimum Gasteiger partial charge on any atom is -0.337 e. The van der Waals surface area contributed by atoms with Crippen molar-refractivity contribution in [2.24, 2.45) is 0 Å². The maximum absolute atomic E-state index is 5.91. The minimum atomic E-state index is -0.906. The van der Waals surface area contributed by atoms with Crippen molar-refractivity contribution in [1.29, 1.82) is 0 Å². The lowest BCUT2D eigenvalue weighted by molar-refractivity contribution is 0.268. The summed E-state index contributed by atoms with van der Waals surface area (Å²) in [6.45, 7) is 17.6. The van der Waals surface area contributed by atoms with Crippen LogP contribution in [0.4, 0.5) is 0 Å². The molecule has 0 N–H and O–H groups in total. The average Bonchev–Trinajstić information content (AvgIpc) is 3.26. The van der Waals surface area contributed by atoms with Gasteiger partial charge in [0.2, 0.25) is 0 Å². The second kappa shape index (κ2) is 11.3. The molecule has 5 rings (SSSR count). The Hall–Kier alpha value is -1.64. The molecule has 2 aliphatic rings. The normalized spacial score (nSPS) is 16.6. The number of fused-ring (bicyclic) bond motifs is 6. The maximum Gasteiger partial charge on any atom is 0.175 e. The Morgan fingerprint density at radius 1 is 0.538 bits per heavy atom. The van der Waals surface area contributed by atoms with Crippen molar-refractivity contribution in [3.8, 4) is 22.3 Å². The summed E-state index contributed by atoms with van der Waals surface area (Å²) >= 11 is 0. The van der Waals surface area contributed by atoms with E-state index in [9.17, 15) is 0 Å². The van der Waals surface area contributed by atoms with Crippen LogP contribution in [0.5, 0.6) is 0 Å². The lowest BCUT2D eigenvalue weighted by atomic mass is 9.79. The molecule has 0 radical (unpaired) electrons. The highest BCUT2D eigenvalue weighted by molar-refractivity contribution is 7.46. The molecule has 1 atom stereocenters. The number of rotatable bonds is 11. The summed E-state index contributed by atoms with van der Waals surface area (Å²) in [5, 5.41) is 0. The molecule has 0 fully saturated rings. The van der Waals surface area contributed by atoms with Gasteiger partial charge in [-0.05, 0) is 88.5 Å². The Morgan fingerprint density at radius 2 is 0.923 bits per heavy atom. The summed E-state index contributed by atoms with van der Waals surface area (Å²) in [6, 6.07) is 18.9. The van der Waals surface area contributed by atoms with Crippen molar-refractivity contribution in [2.75, 3.05) is 26.9 Å². The van der Waals surface area contributed by atoms with Crippen molar-refractivity contribution in [2.45, 2.75) is 71.6 Å². The van der Waals surface area contributed by atoms with Crippen LogP contribution >= 0.6 is 16.8 Å². The Balaban J connectivity index is 1.52. The topological polar surface area (TPSA) is 36.9 Å². The van der Waals surface area contributed by atoms with E-state index in [-0.39, 0.29) is 10.8 Å². The number of hydrogen-bond donors (Lipinski definition) is 0. The van der Waals surface area contributed by atoms with Crippen LogP contribution in [0, 0.1) is 0 Å². The predicted molar refractivity (Wildman–Crippen MR) is 165 cm³/mol. The van der Waals surface area contributed by atoms with Crippen LogP contribution in [0.15, 0.2) is 48.5 Å². The third-order valence-electron chi connectivity index (χ3n) is 8.25. The Labute approximate surface area is 237 Å². The van der Waals surface area contributed by atoms with E-state index in [1.54, 1.807) is 7.11 Å². The summed E-state index contributed by atoms with van der Waals surface area (Å²) in [6.07, 6.45) is 1.64. The van der Waals surface area contributed by atoms with Crippen LogP contribution in [-0.4, -0.2) is 26.9 Å². The first kappa shape index (κ1) is 28.9. The van der Waals surface area contributed by atoms with E-state index in [2.05, 4.69) is 76.2 Å². The largest absolute Gasteiger partial charge is 0.337 e. The molecule has 3 aromatic rings. The van der Waals surface area contributed by atoms with E-state index in [4.69, 9.17) is 18.1 Å². The van der Waals surface area contributed by atoms with Gasteiger partial charge in [0, 0.05) is 30.3 Å². The van der Waals surface area contributed by atoms with Crippen LogP contribution in [0.2, 0.25) is 0 Å². The average molecular weight is 565 g/mol. The van der Waals surface area contributed by atoms with Crippen molar-refractivity contribution >= 4 is 16.8 Å². The molecule has 4 nitrogen and oxygen atoms in total. The first-order valence-corrected chi connectivity index (χ1v) is 16.8. The number of hydrogen-bond acceptors (Lipinski definition) is 4. The summed E-state index contributed by atoms with van der Waals surface area (Å²) in [7, 11) is -0.0641. The van der Waals surface area contributed by atoms with Gasteiger partial charge in [0.15, 0.2) is 16.8 Å². The van der Waals surface area contributed by atoms with E-state index in [1.165, 1.54) is 55.6 Å². The zero-order chi connectivity index (χ0) is 27.9. The summed E-state index contributed by atoms with van der Waals surface area (Å²) in [4.78, 5) is 0. The molecule has 0 aliphatic heterocycles. The van der Waals surface area contributed by atoms with Gasteiger partial charge in [-0.2, -0.15) is 0 Å². The molecular weight excluding hydrogens is 522 g/mol. The van der Waals surface area contributed by atoms with Crippen molar-refractivity contribution < 1.29 is 18.1 Å². The van der Waals surface area contributed by atoms with E-state index < -0.39 is 16.8 Å². The molecule has 0 heterocycles. The molecule has 208 valence electrons. The number of benzene rings is 3. The molecule has 6 heteroatoms. The molecule has 0 bridgehead atoms. The molecule has 1 unspecified atom stereocenters. The van der Waals surface area contributed by atoms with Crippen LogP contribution in [-0.2, 0) is 41.2 Å². The highest BCUT2D eigenvalue weighted by atomic mass is 31.2. The van der Waals surface area contributed by atoms with Crippen LogP contribution in [0.25, 0.3) is 22.3 Å². The molecule has 0 spiro atoms. The zero-order valence-corrected chi connectivity index (χ0v) is 26.5. The monoisotopic (exact) mass is 564 g/mol. The zero-order valence-electron chi connectivity index (χ0n) is 24.7. The lowest BCUT2D eigenvalue weighted by Crippen LogP contribution is -2.17. The van der Waals surface area contributed by atoms with Gasteiger partial charge in [-0.1, -0.05) is 64.1 Å². The molecule has 0 saturated heterocycles. The van der Waals surface area contributed by atoms with E-state index in [0.29, 0.717) is 19.8 Å². The fraction of sp³-hybridized carbons (Fsp3) is 0.455. The van der Waals surface area contributed by atoms with Gasteiger partial charge in [-0.3, -0.25) is 0 Å². The molecule has 39 heavy (non-hydrogen) atoms. The van der Waals surface area contributed by atoms with Crippen molar-refractivity contribution in [3.63, 3.8) is 0 Å². The van der Waals surface area contributed by atoms with Gasteiger partial charge in [0.05, 0.1) is 19.8 Å². The Morgan fingerprint density at radius 3 is 1.33 bits per heavy atom. The van der Waals surface area contributed by atoms with Crippen molar-refractivity contribution in [1.82, 2.24) is 0 Å². The highest BCUT2D eigenvalue weighted by Gasteiger charge is 2.41. The molecule has 0 amide bonds. The fourth-order valence-corrected chi connectivity index (χ4v) is 8.71. The standard InChI is InChI=1S/C33H42O4P2/c1-9-35-38(34-8)20-22-12-14-24-26-18-31-27(19-30(26)32(4,5)28(24)16-22)25-15-13-23(17-29(25)33(31,6)7)21-39(36-10-2)37-11-3/h12-19H,9-11,20-21H2,1-8H3. The third kappa shape index (κ3) is 5.14. The van der Waals surface area contributed by atoms with Gasteiger partial charge in [0.1, 0.15) is 0 Å². The second-order valence-corrected chi connectivity index (χ2v) is 14.5. The fourth-order valence-electron chi connectivity index (χ4n) is 6.27. The highest BCUT2D eigenvalue weighted by Crippen LogP contribution is 2.57. The quantitative estimate of drug-likeness (QED) is 0.217. The van der Waals surface area contributed by atoms with Gasteiger partial charge in [-0.15, -0.1) is 0 Å². The molecular formula is C33H42O4P2. The van der Waals surface area contributed by atoms with Crippen molar-refractivity contribution in [3.05, 3.63) is 81.9 Å². The Kier molecular flexibility index (Phi) is 8.38. The summed E-state index contributed by atoms with van der Waals surface area (Å²) < 4.78 is 23.3. The first-order chi connectivity index (χ1) is 18.6. The van der Waals surface area contributed by atoms with E-state index >= 15 is 0 Å². The van der Waals surface area contributed by atoms with Gasteiger partial charge < -0.3 is 18.1 Å². The van der Waals surface area contributed by atoms with Crippen LogP contribution in [0.3, 0.4) is 0 Å². The van der Waals surface area contributed by atoms with Gasteiger partial charge in [-0.25, -0.2) is 0 Å². The lowest BCUT2D eigenvalue weighted by Gasteiger charge is -2.24. The maximum atomic E-state index is 5.91. The van der Waals surface area contributed by atoms with Crippen LogP contribution < -0.4 is 0 Å². The summed E-state index contributed by atoms with van der Waals surface area (Å²) in [5.74, 6) is 0.